The van der Waals surface area contributed by atoms with Gasteiger partial charge >= 0.3 is 0 Å². The standard InChI is InChI=1S/C22H29NO3/c1-14-15(2)21(26-5)19(16(3)20(14)25-4)22(24,17-9-6-7-10-17)18-11-8-12-23-13-18/h8,11-13,17,24H,6-7,9-10H2,1-5H3. The summed E-state index contributed by atoms with van der Waals surface area (Å²) < 4.78 is 11.5. The van der Waals surface area contributed by atoms with E-state index in [2.05, 4.69) is 4.98 Å². The molecule has 1 aliphatic rings. The third-order valence-electron chi connectivity index (χ3n) is 6.02. The number of hydrogen-bond donors (Lipinski definition) is 1. The first-order valence-electron chi connectivity index (χ1n) is 9.31. The fraction of sp³-hybridized carbons (Fsp3) is 0.500. The molecule has 1 unspecified atom stereocenters. The van der Waals surface area contributed by atoms with Crippen LogP contribution in [0.15, 0.2) is 24.5 Å². The maximum atomic E-state index is 12.2. The molecule has 2 aromatic rings. The number of pyridine rings is 1. The molecule has 1 N–H and O–H groups in total. The fourth-order valence-electron chi connectivity index (χ4n) is 4.63. The fourth-order valence-corrected chi connectivity index (χ4v) is 4.63. The molecule has 1 fully saturated rings. The molecule has 0 aliphatic heterocycles. The van der Waals surface area contributed by atoms with Crippen LogP contribution in [0.1, 0.15) is 53.5 Å². The highest BCUT2D eigenvalue weighted by Gasteiger charge is 2.45. The van der Waals surface area contributed by atoms with E-state index in [1.807, 2.05) is 32.9 Å². The molecule has 0 radical (unpaired) electrons. The van der Waals surface area contributed by atoms with E-state index in [1.165, 1.54) is 0 Å². The van der Waals surface area contributed by atoms with E-state index in [9.17, 15) is 5.11 Å². The van der Waals surface area contributed by atoms with Gasteiger partial charge in [-0.15, -0.1) is 0 Å². The Morgan fingerprint density at radius 2 is 1.62 bits per heavy atom. The van der Waals surface area contributed by atoms with E-state index in [0.29, 0.717) is 0 Å². The third kappa shape index (κ3) is 2.77. The van der Waals surface area contributed by atoms with E-state index < -0.39 is 5.60 Å². The van der Waals surface area contributed by atoms with Crippen molar-refractivity contribution >= 4 is 0 Å². The van der Waals surface area contributed by atoms with Gasteiger partial charge in [0.2, 0.25) is 0 Å². The van der Waals surface area contributed by atoms with Crippen LogP contribution in [0.4, 0.5) is 0 Å². The van der Waals surface area contributed by atoms with Crippen LogP contribution in [-0.2, 0) is 5.60 Å². The number of methoxy groups -OCH3 is 2. The van der Waals surface area contributed by atoms with Crippen LogP contribution in [0, 0.1) is 26.7 Å². The Bertz CT molecular complexity index is 782. The molecule has 0 spiro atoms. The molecule has 0 saturated heterocycles. The lowest BCUT2D eigenvalue weighted by Crippen LogP contribution is -2.37. The van der Waals surface area contributed by atoms with Gasteiger partial charge in [-0.05, 0) is 56.7 Å². The Morgan fingerprint density at radius 1 is 1.00 bits per heavy atom. The van der Waals surface area contributed by atoms with E-state index in [1.54, 1.807) is 26.6 Å². The van der Waals surface area contributed by atoms with Gasteiger partial charge in [0.1, 0.15) is 17.1 Å². The van der Waals surface area contributed by atoms with Crippen LogP contribution in [0.3, 0.4) is 0 Å². The van der Waals surface area contributed by atoms with Crippen molar-refractivity contribution in [1.82, 2.24) is 4.98 Å². The van der Waals surface area contributed by atoms with Crippen molar-refractivity contribution in [2.75, 3.05) is 14.2 Å². The average Bonchev–Trinajstić information content (AvgIpc) is 3.20. The molecule has 140 valence electrons. The zero-order valence-corrected chi connectivity index (χ0v) is 16.4. The Labute approximate surface area is 156 Å². The largest absolute Gasteiger partial charge is 0.496 e. The molecule has 1 heterocycles. The quantitative estimate of drug-likeness (QED) is 0.861. The molecule has 1 aliphatic carbocycles. The maximum absolute atomic E-state index is 12.2. The van der Waals surface area contributed by atoms with Crippen LogP contribution in [0.25, 0.3) is 0 Å². The minimum atomic E-state index is -1.15. The highest BCUT2D eigenvalue weighted by molar-refractivity contribution is 5.62. The van der Waals surface area contributed by atoms with Gasteiger partial charge in [0.15, 0.2) is 0 Å². The molecule has 26 heavy (non-hydrogen) atoms. The van der Waals surface area contributed by atoms with E-state index in [0.717, 1.165) is 65.0 Å². The molecule has 3 rings (SSSR count). The van der Waals surface area contributed by atoms with Crippen LogP contribution >= 0.6 is 0 Å². The summed E-state index contributed by atoms with van der Waals surface area (Å²) in [6, 6.07) is 3.85. The SMILES string of the molecule is COc1c(C)c(C)c(OC)c(C(O)(c2cccnc2)C2CCCC2)c1C. The zero-order valence-electron chi connectivity index (χ0n) is 16.4. The van der Waals surface area contributed by atoms with Crippen LogP contribution in [0.2, 0.25) is 0 Å². The van der Waals surface area contributed by atoms with Crippen molar-refractivity contribution in [3.8, 4) is 11.5 Å². The van der Waals surface area contributed by atoms with Gasteiger partial charge in [0.25, 0.3) is 0 Å². The lowest BCUT2D eigenvalue weighted by Gasteiger charge is -2.38. The van der Waals surface area contributed by atoms with Crippen LogP contribution in [0.5, 0.6) is 11.5 Å². The summed E-state index contributed by atoms with van der Waals surface area (Å²) in [5, 5.41) is 12.2. The van der Waals surface area contributed by atoms with Crippen molar-refractivity contribution in [2.24, 2.45) is 5.92 Å². The molecule has 1 saturated carbocycles. The van der Waals surface area contributed by atoms with Crippen LogP contribution in [-0.4, -0.2) is 24.3 Å². The summed E-state index contributed by atoms with van der Waals surface area (Å²) in [4.78, 5) is 4.28. The Hall–Kier alpha value is -2.07. The number of benzene rings is 1. The predicted octanol–water partition coefficient (Wildman–Crippen LogP) is 4.45. The predicted molar refractivity (Wildman–Crippen MR) is 103 cm³/mol. The van der Waals surface area contributed by atoms with E-state index >= 15 is 0 Å². The minimum Gasteiger partial charge on any atom is -0.496 e. The van der Waals surface area contributed by atoms with Crippen molar-refractivity contribution in [1.29, 1.82) is 0 Å². The molecular weight excluding hydrogens is 326 g/mol. The molecular formula is C22H29NO3. The molecule has 1 aromatic heterocycles. The number of aliphatic hydroxyl groups is 1. The highest BCUT2D eigenvalue weighted by Crippen LogP contribution is 2.51. The lowest BCUT2D eigenvalue weighted by atomic mass is 9.72. The first-order valence-corrected chi connectivity index (χ1v) is 9.31. The third-order valence-corrected chi connectivity index (χ3v) is 6.02. The van der Waals surface area contributed by atoms with Gasteiger partial charge in [-0.3, -0.25) is 4.98 Å². The average molecular weight is 355 g/mol. The molecule has 1 atom stereocenters. The van der Waals surface area contributed by atoms with Crippen molar-refractivity contribution in [3.63, 3.8) is 0 Å². The first kappa shape index (κ1) is 18.7. The molecule has 0 amide bonds. The Morgan fingerprint density at radius 3 is 2.15 bits per heavy atom. The lowest BCUT2D eigenvalue weighted by molar-refractivity contribution is 0.0155. The first-order chi connectivity index (χ1) is 12.5. The summed E-state index contributed by atoms with van der Waals surface area (Å²) in [6.07, 6.45) is 7.77. The summed E-state index contributed by atoms with van der Waals surface area (Å²) >= 11 is 0. The van der Waals surface area contributed by atoms with E-state index in [-0.39, 0.29) is 5.92 Å². The van der Waals surface area contributed by atoms with Crippen molar-refractivity contribution < 1.29 is 14.6 Å². The molecule has 1 aromatic carbocycles. The topological polar surface area (TPSA) is 51.6 Å². The molecule has 0 bridgehead atoms. The number of hydrogen-bond acceptors (Lipinski definition) is 4. The summed E-state index contributed by atoms with van der Waals surface area (Å²) in [6.45, 7) is 6.07. The molecule has 4 nitrogen and oxygen atoms in total. The minimum absolute atomic E-state index is 0.131. The van der Waals surface area contributed by atoms with Gasteiger partial charge in [-0.25, -0.2) is 0 Å². The number of ether oxygens (including phenoxy) is 2. The van der Waals surface area contributed by atoms with Gasteiger partial charge in [-0.1, -0.05) is 18.9 Å². The van der Waals surface area contributed by atoms with Crippen molar-refractivity contribution in [3.05, 3.63) is 52.3 Å². The van der Waals surface area contributed by atoms with E-state index in [4.69, 9.17) is 9.47 Å². The normalized spacial score (nSPS) is 17.2. The van der Waals surface area contributed by atoms with Gasteiger partial charge in [0.05, 0.1) is 14.2 Å². The summed E-state index contributed by atoms with van der Waals surface area (Å²) in [5.41, 5.74) is 3.48. The Balaban J connectivity index is 2.37. The van der Waals surface area contributed by atoms with Gasteiger partial charge in [0, 0.05) is 29.1 Å². The highest BCUT2D eigenvalue weighted by atomic mass is 16.5. The van der Waals surface area contributed by atoms with Gasteiger partial charge < -0.3 is 14.6 Å². The second kappa shape index (κ2) is 7.28. The van der Waals surface area contributed by atoms with Gasteiger partial charge in [-0.2, -0.15) is 0 Å². The zero-order chi connectivity index (χ0) is 18.9. The number of nitrogens with zero attached hydrogens (tertiary/aromatic N) is 1. The maximum Gasteiger partial charge on any atom is 0.129 e. The second-order valence-electron chi connectivity index (χ2n) is 7.31. The number of rotatable bonds is 5. The van der Waals surface area contributed by atoms with Crippen molar-refractivity contribution in [2.45, 2.75) is 52.1 Å². The summed E-state index contributed by atoms with van der Waals surface area (Å²) in [5.74, 6) is 1.70. The number of aromatic nitrogens is 1. The smallest absolute Gasteiger partial charge is 0.129 e. The summed E-state index contributed by atoms with van der Waals surface area (Å²) in [7, 11) is 3.36. The Kier molecular flexibility index (Phi) is 5.24. The van der Waals surface area contributed by atoms with Crippen LogP contribution < -0.4 is 9.47 Å². The molecule has 4 heteroatoms. The monoisotopic (exact) mass is 355 g/mol. The second-order valence-corrected chi connectivity index (χ2v) is 7.31.